The third-order valence-electron chi connectivity index (χ3n) is 2.29. The van der Waals surface area contributed by atoms with Crippen LogP contribution in [0.2, 0.25) is 10.0 Å². The van der Waals surface area contributed by atoms with Crippen molar-refractivity contribution in [2.24, 2.45) is 0 Å². The van der Waals surface area contributed by atoms with Crippen LogP contribution < -0.4 is 10.6 Å². The van der Waals surface area contributed by atoms with Gasteiger partial charge in [-0.25, -0.2) is 4.98 Å². The molecule has 0 unspecified atom stereocenters. The van der Waals surface area contributed by atoms with Crippen molar-refractivity contribution in [2.75, 3.05) is 17.2 Å². The fourth-order valence-electron chi connectivity index (χ4n) is 1.45. The maximum Gasteiger partial charge on any atom is 0.151 e. The summed E-state index contributed by atoms with van der Waals surface area (Å²) in [6, 6.07) is 3.64. The second kappa shape index (κ2) is 6.41. The predicted molar refractivity (Wildman–Crippen MR) is 83.6 cm³/mol. The number of halogens is 3. The summed E-state index contributed by atoms with van der Waals surface area (Å²) in [6.07, 6.45) is 3.28. The molecule has 100 valence electrons. The van der Waals surface area contributed by atoms with E-state index < -0.39 is 0 Å². The van der Waals surface area contributed by atoms with Gasteiger partial charge in [-0.3, -0.25) is 4.98 Å². The minimum atomic E-state index is 0.437. The Bertz CT molecular complexity index is 592. The van der Waals surface area contributed by atoms with Crippen LogP contribution in [-0.2, 0) is 0 Å². The van der Waals surface area contributed by atoms with Crippen molar-refractivity contribution in [3.63, 3.8) is 0 Å². The third-order valence-corrected chi connectivity index (χ3v) is 4.06. The van der Waals surface area contributed by atoms with E-state index in [-0.39, 0.29) is 0 Å². The fourth-order valence-corrected chi connectivity index (χ4v) is 2.27. The Morgan fingerprint density at radius 2 is 1.89 bits per heavy atom. The third kappa shape index (κ3) is 3.49. The summed E-state index contributed by atoms with van der Waals surface area (Å²) in [4.78, 5) is 8.45. The van der Waals surface area contributed by atoms with Crippen LogP contribution in [0, 0.1) is 0 Å². The van der Waals surface area contributed by atoms with Gasteiger partial charge in [0.05, 0.1) is 28.1 Å². The average molecular weight is 362 g/mol. The lowest BCUT2D eigenvalue weighted by Crippen LogP contribution is -2.02. The van der Waals surface area contributed by atoms with Gasteiger partial charge in [0, 0.05) is 11.0 Å². The second-order valence-corrected chi connectivity index (χ2v) is 5.28. The molecule has 0 aliphatic carbocycles. The van der Waals surface area contributed by atoms with Crippen LogP contribution in [0.25, 0.3) is 0 Å². The van der Waals surface area contributed by atoms with E-state index in [1.807, 2.05) is 19.1 Å². The number of hydrogen-bond acceptors (Lipinski definition) is 4. The van der Waals surface area contributed by atoms with Crippen LogP contribution in [-0.4, -0.2) is 16.5 Å². The van der Waals surface area contributed by atoms with Crippen LogP contribution in [0.5, 0.6) is 0 Å². The summed E-state index contributed by atoms with van der Waals surface area (Å²) in [5, 5.41) is 7.07. The Morgan fingerprint density at radius 1 is 1.16 bits per heavy atom. The van der Waals surface area contributed by atoms with Gasteiger partial charge in [-0.15, -0.1) is 0 Å². The first kappa shape index (κ1) is 14.4. The van der Waals surface area contributed by atoms with Crippen LogP contribution in [0.1, 0.15) is 6.92 Å². The predicted octanol–water partition coefficient (Wildman–Crippen LogP) is 4.72. The van der Waals surface area contributed by atoms with Crippen LogP contribution in [0.15, 0.2) is 29.0 Å². The largest absolute Gasteiger partial charge is 0.369 e. The zero-order valence-electron chi connectivity index (χ0n) is 10.0. The van der Waals surface area contributed by atoms with Crippen molar-refractivity contribution in [3.8, 4) is 0 Å². The molecule has 1 heterocycles. The molecule has 4 nitrogen and oxygen atoms in total. The van der Waals surface area contributed by atoms with Crippen molar-refractivity contribution in [2.45, 2.75) is 6.92 Å². The number of rotatable bonds is 4. The number of anilines is 3. The molecule has 2 rings (SSSR count). The molecule has 2 N–H and O–H groups in total. The number of nitrogens with one attached hydrogen (secondary N) is 2. The number of benzene rings is 1. The van der Waals surface area contributed by atoms with E-state index in [1.54, 1.807) is 12.4 Å². The van der Waals surface area contributed by atoms with Gasteiger partial charge in [0.25, 0.3) is 0 Å². The highest BCUT2D eigenvalue weighted by molar-refractivity contribution is 9.10. The average Bonchev–Trinajstić information content (AvgIpc) is 2.40. The first-order valence-corrected chi connectivity index (χ1v) is 7.13. The van der Waals surface area contributed by atoms with Gasteiger partial charge >= 0.3 is 0 Å². The first-order chi connectivity index (χ1) is 9.11. The summed E-state index contributed by atoms with van der Waals surface area (Å²) in [5.74, 6) is 1.30. The van der Waals surface area contributed by atoms with Gasteiger partial charge in [-0.2, -0.15) is 0 Å². The Morgan fingerprint density at radius 3 is 2.63 bits per heavy atom. The highest BCUT2D eigenvalue weighted by atomic mass is 79.9. The zero-order valence-corrected chi connectivity index (χ0v) is 13.1. The Labute approximate surface area is 129 Å². The van der Waals surface area contributed by atoms with Gasteiger partial charge in [0.15, 0.2) is 5.82 Å². The molecule has 1 aromatic carbocycles. The summed E-state index contributed by atoms with van der Waals surface area (Å²) < 4.78 is 0.747. The molecule has 7 heteroatoms. The van der Waals surface area contributed by atoms with E-state index in [0.717, 1.165) is 11.0 Å². The lowest BCUT2D eigenvalue weighted by molar-refractivity contribution is 1.12. The van der Waals surface area contributed by atoms with Crippen molar-refractivity contribution in [1.82, 2.24) is 9.97 Å². The van der Waals surface area contributed by atoms with Crippen molar-refractivity contribution in [1.29, 1.82) is 0 Å². The molecule has 19 heavy (non-hydrogen) atoms. The van der Waals surface area contributed by atoms with E-state index in [0.29, 0.717) is 27.4 Å². The molecule has 2 aromatic rings. The summed E-state index contributed by atoms with van der Waals surface area (Å²) in [5.41, 5.74) is 0.679. The van der Waals surface area contributed by atoms with E-state index in [2.05, 4.69) is 36.5 Å². The van der Waals surface area contributed by atoms with Gasteiger partial charge in [0.2, 0.25) is 0 Å². The van der Waals surface area contributed by atoms with Gasteiger partial charge < -0.3 is 10.6 Å². The minimum Gasteiger partial charge on any atom is -0.369 e. The molecule has 0 amide bonds. The van der Waals surface area contributed by atoms with Gasteiger partial charge in [-0.05, 0) is 35.0 Å². The molecule has 0 aliphatic rings. The van der Waals surface area contributed by atoms with Crippen LogP contribution in [0.3, 0.4) is 0 Å². The maximum absolute atomic E-state index is 6.16. The van der Waals surface area contributed by atoms with E-state index in [1.165, 1.54) is 0 Å². The summed E-state index contributed by atoms with van der Waals surface area (Å²) in [6.45, 7) is 2.77. The smallest absolute Gasteiger partial charge is 0.151 e. The Kier molecular flexibility index (Phi) is 4.85. The highest BCUT2D eigenvalue weighted by Gasteiger charge is 2.09. The Balaban J connectivity index is 2.26. The molecular weight excluding hydrogens is 351 g/mol. The molecule has 0 saturated carbocycles. The van der Waals surface area contributed by atoms with E-state index >= 15 is 0 Å². The van der Waals surface area contributed by atoms with Crippen molar-refractivity contribution in [3.05, 3.63) is 39.0 Å². The molecule has 0 atom stereocenters. The quantitative estimate of drug-likeness (QED) is 0.773. The molecule has 0 spiro atoms. The minimum absolute atomic E-state index is 0.437. The molecule has 0 bridgehead atoms. The molecule has 0 saturated heterocycles. The monoisotopic (exact) mass is 360 g/mol. The molecule has 0 fully saturated rings. The lowest BCUT2D eigenvalue weighted by Gasteiger charge is -2.10. The second-order valence-electron chi connectivity index (χ2n) is 3.67. The first-order valence-electron chi connectivity index (χ1n) is 5.58. The number of aromatic nitrogens is 2. The Hall–Kier alpha value is -1.04. The van der Waals surface area contributed by atoms with Crippen molar-refractivity contribution >= 4 is 56.5 Å². The number of hydrogen-bond donors (Lipinski definition) is 2. The highest BCUT2D eigenvalue weighted by Crippen LogP contribution is 2.36. The summed E-state index contributed by atoms with van der Waals surface area (Å²) in [7, 11) is 0. The lowest BCUT2D eigenvalue weighted by atomic mass is 10.3. The standard InChI is InChI=1S/C12H11BrCl2N4/c1-2-17-9-5-16-6-10(19-9)18-8-4-3-7(13)11(14)12(8)15/h3-6H,2H2,1H3,(H2,17,18,19). The summed E-state index contributed by atoms with van der Waals surface area (Å²) >= 11 is 15.5. The molecule has 0 aliphatic heterocycles. The maximum atomic E-state index is 6.16. The van der Waals surface area contributed by atoms with Gasteiger partial charge in [-0.1, -0.05) is 23.2 Å². The molecule has 0 radical (unpaired) electrons. The molecular formula is C12H11BrCl2N4. The zero-order chi connectivity index (χ0) is 13.8. The number of nitrogens with zero attached hydrogens (tertiary/aromatic N) is 2. The topological polar surface area (TPSA) is 49.8 Å². The van der Waals surface area contributed by atoms with Crippen LogP contribution in [0.4, 0.5) is 17.3 Å². The SMILES string of the molecule is CCNc1cncc(Nc2ccc(Br)c(Cl)c2Cl)n1. The van der Waals surface area contributed by atoms with E-state index in [4.69, 9.17) is 23.2 Å². The van der Waals surface area contributed by atoms with Crippen LogP contribution >= 0.6 is 39.1 Å². The van der Waals surface area contributed by atoms with Crippen molar-refractivity contribution < 1.29 is 0 Å². The normalized spacial score (nSPS) is 10.3. The van der Waals surface area contributed by atoms with Gasteiger partial charge in [0.1, 0.15) is 5.82 Å². The molecule has 1 aromatic heterocycles. The fraction of sp³-hybridized carbons (Fsp3) is 0.167. The van der Waals surface area contributed by atoms with E-state index in [9.17, 15) is 0 Å².